The molecule has 2 N–H and O–H groups in total. The predicted octanol–water partition coefficient (Wildman–Crippen LogP) is 2.23. The van der Waals surface area contributed by atoms with Gasteiger partial charge in [0.15, 0.2) is 0 Å². The number of pyridine rings is 1. The van der Waals surface area contributed by atoms with Crippen LogP contribution in [0.2, 0.25) is 0 Å². The highest BCUT2D eigenvalue weighted by molar-refractivity contribution is 5.87. The maximum atomic E-state index is 12.5. The van der Waals surface area contributed by atoms with E-state index in [2.05, 4.69) is 22.5 Å². The van der Waals surface area contributed by atoms with Gasteiger partial charge in [0.05, 0.1) is 6.04 Å². The van der Waals surface area contributed by atoms with Gasteiger partial charge >= 0.3 is 6.03 Å². The molecule has 0 unspecified atom stereocenters. The molecule has 0 radical (unpaired) electrons. The Morgan fingerprint density at radius 1 is 1.22 bits per heavy atom. The molecule has 0 aliphatic carbocycles. The van der Waals surface area contributed by atoms with Gasteiger partial charge in [0, 0.05) is 25.0 Å². The first-order valence-corrected chi connectivity index (χ1v) is 8.26. The molecule has 2 rings (SSSR count). The van der Waals surface area contributed by atoms with Crippen molar-refractivity contribution in [1.29, 1.82) is 0 Å². The fourth-order valence-electron chi connectivity index (χ4n) is 2.91. The smallest absolute Gasteiger partial charge is 0.315 e. The first-order chi connectivity index (χ1) is 11.0. The second-order valence-electron chi connectivity index (χ2n) is 6.22. The maximum absolute atomic E-state index is 12.5. The topological polar surface area (TPSA) is 74.3 Å². The van der Waals surface area contributed by atoms with Crippen molar-refractivity contribution in [2.45, 2.75) is 58.2 Å². The third-order valence-corrected chi connectivity index (χ3v) is 4.36. The molecule has 3 amide bonds. The van der Waals surface area contributed by atoms with Gasteiger partial charge in [0.1, 0.15) is 6.04 Å². The fraction of sp³-hybridized carbons (Fsp3) is 0.588. The predicted molar refractivity (Wildman–Crippen MR) is 88.8 cm³/mol. The number of hydrogen-bond acceptors (Lipinski definition) is 3. The van der Waals surface area contributed by atoms with Crippen molar-refractivity contribution in [2.24, 2.45) is 0 Å². The van der Waals surface area contributed by atoms with Crippen LogP contribution in [-0.2, 0) is 4.79 Å². The molecule has 2 heterocycles. The number of nitrogens with zero attached hydrogens (tertiary/aromatic N) is 2. The molecule has 1 saturated heterocycles. The third-order valence-electron chi connectivity index (χ3n) is 4.36. The molecule has 6 heteroatoms. The van der Waals surface area contributed by atoms with Crippen LogP contribution in [0.25, 0.3) is 0 Å². The van der Waals surface area contributed by atoms with Crippen LogP contribution in [-0.4, -0.2) is 40.5 Å². The number of aromatic nitrogens is 1. The largest absolute Gasteiger partial charge is 0.338 e. The van der Waals surface area contributed by atoms with Gasteiger partial charge in [-0.15, -0.1) is 0 Å². The lowest BCUT2D eigenvalue weighted by Gasteiger charge is -2.35. The van der Waals surface area contributed by atoms with Gasteiger partial charge in [-0.3, -0.25) is 9.78 Å². The van der Waals surface area contributed by atoms with Crippen LogP contribution in [0.4, 0.5) is 4.79 Å². The fourth-order valence-corrected chi connectivity index (χ4v) is 2.91. The first kappa shape index (κ1) is 17.2. The molecular weight excluding hydrogens is 292 g/mol. The summed E-state index contributed by atoms with van der Waals surface area (Å²) in [7, 11) is 0. The van der Waals surface area contributed by atoms with E-state index >= 15 is 0 Å². The molecule has 0 saturated carbocycles. The van der Waals surface area contributed by atoms with Gasteiger partial charge in [0.25, 0.3) is 0 Å². The Bertz CT molecular complexity index is 535. The van der Waals surface area contributed by atoms with Crippen molar-refractivity contribution >= 4 is 11.9 Å². The average molecular weight is 318 g/mol. The molecule has 1 aliphatic rings. The maximum Gasteiger partial charge on any atom is 0.315 e. The average Bonchev–Trinajstić information content (AvgIpc) is 2.55. The van der Waals surface area contributed by atoms with Crippen LogP contribution >= 0.6 is 0 Å². The molecule has 3 atom stereocenters. The van der Waals surface area contributed by atoms with E-state index in [0.717, 1.165) is 31.4 Å². The summed E-state index contributed by atoms with van der Waals surface area (Å²) in [5.74, 6) is -0.0103. The van der Waals surface area contributed by atoms with Crippen LogP contribution in [0.1, 0.15) is 51.6 Å². The van der Waals surface area contributed by atoms with Gasteiger partial charge in [-0.2, -0.15) is 0 Å². The zero-order valence-electron chi connectivity index (χ0n) is 14.1. The van der Waals surface area contributed by atoms with Crippen molar-refractivity contribution in [2.75, 3.05) is 6.54 Å². The van der Waals surface area contributed by atoms with Gasteiger partial charge in [-0.25, -0.2) is 4.79 Å². The van der Waals surface area contributed by atoms with Gasteiger partial charge in [-0.05, 0) is 57.7 Å². The number of piperidine rings is 1. The Hall–Kier alpha value is -2.11. The summed E-state index contributed by atoms with van der Waals surface area (Å²) in [5, 5.41) is 5.59. The molecule has 6 nitrogen and oxygen atoms in total. The molecular formula is C17H26N4O2. The number of amides is 3. The standard InChI is InChI=1S/C17H26N4O2/c1-12-6-4-5-11-21(12)16(22)14(3)20-17(23)19-13(2)15-7-9-18-10-8-15/h7-10,12-14H,4-6,11H2,1-3H3,(H2,19,20,23)/t12-,13+,14+/m1/s1. The molecule has 126 valence electrons. The molecule has 0 bridgehead atoms. The molecule has 1 aromatic rings. The Labute approximate surface area is 137 Å². The quantitative estimate of drug-likeness (QED) is 0.894. The second-order valence-corrected chi connectivity index (χ2v) is 6.22. The molecule has 23 heavy (non-hydrogen) atoms. The minimum atomic E-state index is -0.528. The Morgan fingerprint density at radius 3 is 2.57 bits per heavy atom. The Balaban J connectivity index is 1.85. The van der Waals surface area contributed by atoms with Crippen LogP contribution in [0.5, 0.6) is 0 Å². The summed E-state index contributed by atoms with van der Waals surface area (Å²) < 4.78 is 0. The summed E-state index contributed by atoms with van der Waals surface area (Å²) in [4.78, 5) is 30.4. The number of likely N-dealkylation sites (tertiary alicyclic amines) is 1. The van der Waals surface area contributed by atoms with Crippen LogP contribution in [0.15, 0.2) is 24.5 Å². The van der Waals surface area contributed by atoms with E-state index in [4.69, 9.17) is 0 Å². The van der Waals surface area contributed by atoms with E-state index in [0.29, 0.717) is 0 Å². The van der Waals surface area contributed by atoms with Crippen LogP contribution < -0.4 is 10.6 Å². The third kappa shape index (κ3) is 4.68. The second kappa shape index (κ2) is 7.94. The van der Waals surface area contributed by atoms with Gasteiger partial charge in [-0.1, -0.05) is 0 Å². The number of nitrogens with one attached hydrogen (secondary N) is 2. The van der Waals surface area contributed by atoms with Crippen molar-refractivity contribution < 1.29 is 9.59 Å². The molecule has 1 aromatic heterocycles. The van der Waals surface area contributed by atoms with Crippen molar-refractivity contribution in [3.8, 4) is 0 Å². The zero-order chi connectivity index (χ0) is 16.8. The van der Waals surface area contributed by atoms with Gasteiger partial charge in [0.2, 0.25) is 5.91 Å². The summed E-state index contributed by atoms with van der Waals surface area (Å²) in [6, 6.07) is 2.96. The highest BCUT2D eigenvalue weighted by Gasteiger charge is 2.27. The Morgan fingerprint density at radius 2 is 1.91 bits per heavy atom. The van der Waals surface area contributed by atoms with E-state index < -0.39 is 6.04 Å². The number of rotatable bonds is 4. The number of hydrogen-bond donors (Lipinski definition) is 2. The SMILES string of the molecule is C[C@H](NC(=O)N[C@@H](C)c1ccncc1)C(=O)N1CCCC[C@H]1C. The molecule has 1 fully saturated rings. The minimum absolute atomic E-state index is 0.0103. The summed E-state index contributed by atoms with van der Waals surface area (Å²) in [6.07, 6.45) is 6.61. The van der Waals surface area contributed by atoms with Gasteiger partial charge < -0.3 is 15.5 Å². The van der Waals surface area contributed by atoms with E-state index in [9.17, 15) is 9.59 Å². The highest BCUT2D eigenvalue weighted by atomic mass is 16.2. The highest BCUT2D eigenvalue weighted by Crippen LogP contribution is 2.17. The van der Waals surface area contributed by atoms with E-state index in [1.54, 1.807) is 19.3 Å². The monoisotopic (exact) mass is 318 g/mol. The van der Waals surface area contributed by atoms with E-state index in [-0.39, 0.29) is 24.0 Å². The minimum Gasteiger partial charge on any atom is -0.338 e. The van der Waals surface area contributed by atoms with Crippen molar-refractivity contribution in [3.63, 3.8) is 0 Å². The van der Waals surface area contributed by atoms with E-state index in [1.807, 2.05) is 24.0 Å². The molecule has 1 aliphatic heterocycles. The summed E-state index contributed by atoms with van der Waals surface area (Å²) in [5.41, 5.74) is 0.971. The normalized spacial score (nSPS) is 20.5. The molecule has 0 aromatic carbocycles. The van der Waals surface area contributed by atoms with Crippen LogP contribution in [0, 0.1) is 0 Å². The zero-order valence-corrected chi connectivity index (χ0v) is 14.1. The Kier molecular flexibility index (Phi) is 5.96. The lowest BCUT2D eigenvalue weighted by Crippen LogP contribution is -2.53. The summed E-state index contributed by atoms with van der Waals surface area (Å²) in [6.45, 7) is 6.48. The molecule has 0 spiro atoms. The van der Waals surface area contributed by atoms with Crippen LogP contribution in [0.3, 0.4) is 0 Å². The number of urea groups is 1. The van der Waals surface area contributed by atoms with Crippen molar-refractivity contribution in [1.82, 2.24) is 20.5 Å². The van der Waals surface area contributed by atoms with Crippen molar-refractivity contribution in [3.05, 3.63) is 30.1 Å². The van der Waals surface area contributed by atoms with E-state index in [1.165, 1.54) is 0 Å². The summed E-state index contributed by atoms with van der Waals surface area (Å²) >= 11 is 0. The number of carbonyl (C=O) groups is 2. The lowest BCUT2D eigenvalue weighted by molar-refractivity contribution is -0.136. The first-order valence-electron chi connectivity index (χ1n) is 8.26. The number of carbonyl (C=O) groups excluding carboxylic acids is 2. The lowest BCUT2D eigenvalue weighted by atomic mass is 10.0.